The molecule has 1 atom stereocenters. The van der Waals surface area contributed by atoms with Crippen molar-refractivity contribution in [3.63, 3.8) is 0 Å². The first kappa shape index (κ1) is 13.8. The fourth-order valence-corrected chi connectivity index (χ4v) is 2.23. The van der Waals surface area contributed by atoms with Gasteiger partial charge in [0.25, 0.3) is 0 Å². The molecule has 0 aliphatic heterocycles. The number of hydrogen-bond acceptors (Lipinski definition) is 2. The van der Waals surface area contributed by atoms with Crippen LogP contribution >= 0.6 is 0 Å². The van der Waals surface area contributed by atoms with Gasteiger partial charge >= 0.3 is 0 Å². The summed E-state index contributed by atoms with van der Waals surface area (Å²) in [5.41, 5.74) is 2.77. The summed E-state index contributed by atoms with van der Waals surface area (Å²) in [6, 6.07) is 15.4. The lowest BCUT2D eigenvalue weighted by Gasteiger charge is -2.13. The molecule has 0 spiro atoms. The van der Waals surface area contributed by atoms with Gasteiger partial charge < -0.3 is 5.32 Å². The zero-order chi connectivity index (χ0) is 13.3. The van der Waals surface area contributed by atoms with Gasteiger partial charge in [-0.2, -0.15) is 0 Å². The zero-order valence-electron chi connectivity index (χ0n) is 11.5. The summed E-state index contributed by atoms with van der Waals surface area (Å²) in [5, 5.41) is 3.59. The molecule has 1 N–H and O–H groups in total. The van der Waals surface area contributed by atoms with Gasteiger partial charge in [0.1, 0.15) is 0 Å². The Bertz CT molecular complexity index is 453. The third-order valence-electron chi connectivity index (χ3n) is 3.27. The molecule has 0 bridgehead atoms. The average molecular weight is 254 g/mol. The molecular weight excluding hydrogens is 232 g/mol. The number of rotatable bonds is 7. The van der Waals surface area contributed by atoms with Crippen molar-refractivity contribution in [1.29, 1.82) is 0 Å². The highest BCUT2D eigenvalue weighted by atomic mass is 14.9. The maximum absolute atomic E-state index is 4.03. The second-order valence-electron chi connectivity index (χ2n) is 5.00. The minimum Gasteiger partial charge on any atom is -0.314 e. The molecule has 19 heavy (non-hydrogen) atoms. The van der Waals surface area contributed by atoms with E-state index < -0.39 is 0 Å². The highest BCUT2D eigenvalue weighted by Crippen LogP contribution is 2.03. The molecule has 0 fully saturated rings. The molecule has 0 amide bonds. The second-order valence-corrected chi connectivity index (χ2v) is 5.00. The van der Waals surface area contributed by atoms with Crippen LogP contribution in [0.15, 0.2) is 54.9 Å². The van der Waals surface area contributed by atoms with Crippen LogP contribution in [0.5, 0.6) is 0 Å². The quantitative estimate of drug-likeness (QED) is 0.767. The Morgan fingerprint density at radius 2 is 1.74 bits per heavy atom. The van der Waals surface area contributed by atoms with Gasteiger partial charge in [-0.3, -0.25) is 4.98 Å². The SMILES string of the molecule is CC(Cc1ccccc1)NCCCc1ccncc1. The van der Waals surface area contributed by atoms with Gasteiger partial charge in [0, 0.05) is 18.4 Å². The van der Waals surface area contributed by atoms with Crippen LogP contribution in [0.3, 0.4) is 0 Å². The van der Waals surface area contributed by atoms with Crippen LogP contribution < -0.4 is 5.32 Å². The first-order valence-electron chi connectivity index (χ1n) is 7.01. The molecular formula is C17H22N2. The van der Waals surface area contributed by atoms with Gasteiger partial charge in [0.05, 0.1) is 0 Å². The Labute approximate surface area is 115 Å². The van der Waals surface area contributed by atoms with Crippen LogP contribution in [0, 0.1) is 0 Å². The molecule has 0 radical (unpaired) electrons. The molecule has 2 heteroatoms. The van der Waals surface area contributed by atoms with Crippen molar-refractivity contribution in [1.82, 2.24) is 10.3 Å². The Kier molecular flexibility index (Phi) is 5.57. The van der Waals surface area contributed by atoms with Crippen molar-refractivity contribution in [2.24, 2.45) is 0 Å². The van der Waals surface area contributed by atoms with E-state index in [2.05, 4.69) is 59.7 Å². The van der Waals surface area contributed by atoms with E-state index in [0.29, 0.717) is 6.04 Å². The molecule has 1 aromatic carbocycles. The number of aromatic nitrogens is 1. The lowest BCUT2D eigenvalue weighted by atomic mass is 10.1. The Morgan fingerprint density at radius 3 is 2.47 bits per heavy atom. The fraction of sp³-hybridized carbons (Fsp3) is 0.353. The molecule has 2 rings (SSSR count). The second kappa shape index (κ2) is 7.70. The third kappa shape index (κ3) is 5.23. The molecule has 2 aromatic rings. The van der Waals surface area contributed by atoms with Gasteiger partial charge in [-0.05, 0) is 56.0 Å². The lowest BCUT2D eigenvalue weighted by molar-refractivity contribution is 0.534. The molecule has 0 aliphatic rings. The molecule has 1 heterocycles. The van der Waals surface area contributed by atoms with E-state index >= 15 is 0 Å². The van der Waals surface area contributed by atoms with Gasteiger partial charge in [-0.15, -0.1) is 0 Å². The predicted octanol–water partition coefficient (Wildman–Crippen LogP) is 3.24. The molecule has 0 aliphatic carbocycles. The topological polar surface area (TPSA) is 24.9 Å². The predicted molar refractivity (Wildman–Crippen MR) is 80.2 cm³/mol. The monoisotopic (exact) mass is 254 g/mol. The number of benzene rings is 1. The third-order valence-corrected chi connectivity index (χ3v) is 3.27. The van der Waals surface area contributed by atoms with Crippen LogP contribution in [0.2, 0.25) is 0 Å². The van der Waals surface area contributed by atoms with Crippen molar-refractivity contribution < 1.29 is 0 Å². The van der Waals surface area contributed by atoms with Crippen molar-refractivity contribution in [2.45, 2.75) is 32.2 Å². The number of aryl methyl sites for hydroxylation is 1. The summed E-state index contributed by atoms with van der Waals surface area (Å²) >= 11 is 0. The molecule has 100 valence electrons. The van der Waals surface area contributed by atoms with E-state index in [-0.39, 0.29) is 0 Å². The maximum atomic E-state index is 4.03. The van der Waals surface area contributed by atoms with Gasteiger partial charge in [0.2, 0.25) is 0 Å². The van der Waals surface area contributed by atoms with E-state index in [1.165, 1.54) is 17.5 Å². The largest absolute Gasteiger partial charge is 0.314 e. The molecule has 1 aromatic heterocycles. The number of nitrogens with one attached hydrogen (secondary N) is 1. The van der Waals surface area contributed by atoms with Crippen LogP contribution in [-0.4, -0.2) is 17.6 Å². The highest BCUT2D eigenvalue weighted by molar-refractivity contribution is 5.15. The van der Waals surface area contributed by atoms with E-state index in [0.717, 1.165) is 19.4 Å². The Balaban J connectivity index is 1.63. The molecule has 0 saturated heterocycles. The molecule has 2 nitrogen and oxygen atoms in total. The Morgan fingerprint density at radius 1 is 1.00 bits per heavy atom. The summed E-state index contributed by atoms with van der Waals surface area (Å²) in [4.78, 5) is 4.03. The van der Waals surface area contributed by atoms with Crippen molar-refractivity contribution in [3.8, 4) is 0 Å². The number of hydrogen-bond donors (Lipinski definition) is 1. The van der Waals surface area contributed by atoms with Crippen LogP contribution in [0.1, 0.15) is 24.5 Å². The summed E-state index contributed by atoms with van der Waals surface area (Å²) in [7, 11) is 0. The lowest BCUT2D eigenvalue weighted by Crippen LogP contribution is -2.29. The normalized spacial score (nSPS) is 12.3. The molecule has 1 unspecified atom stereocenters. The standard InChI is InChI=1S/C17H22N2/c1-15(14-17-6-3-2-4-7-17)19-11-5-8-16-9-12-18-13-10-16/h2-4,6-7,9-10,12-13,15,19H,5,8,11,14H2,1H3. The van der Waals surface area contributed by atoms with Gasteiger partial charge in [0.15, 0.2) is 0 Å². The highest BCUT2D eigenvalue weighted by Gasteiger charge is 2.02. The fourth-order valence-electron chi connectivity index (χ4n) is 2.23. The van der Waals surface area contributed by atoms with E-state index in [4.69, 9.17) is 0 Å². The van der Waals surface area contributed by atoms with Crippen molar-refractivity contribution in [3.05, 3.63) is 66.0 Å². The summed E-state index contributed by atoms with van der Waals surface area (Å²) in [6.45, 7) is 3.32. The van der Waals surface area contributed by atoms with E-state index in [9.17, 15) is 0 Å². The van der Waals surface area contributed by atoms with Gasteiger partial charge in [-0.25, -0.2) is 0 Å². The Hall–Kier alpha value is -1.67. The first-order valence-corrected chi connectivity index (χ1v) is 7.01. The average Bonchev–Trinajstić information content (AvgIpc) is 2.46. The van der Waals surface area contributed by atoms with E-state index in [1.807, 2.05) is 12.4 Å². The van der Waals surface area contributed by atoms with Crippen molar-refractivity contribution >= 4 is 0 Å². The summed E-state index contributed by atoms with van der Waals surface area (Å²) < 4.78 is 0. The minimum atomic E-state index is 0.528. The molecule has 0 saturated carbocycles. The smallest absolute Gasteiger partial charge is 0.0270 e. The minimum absolute atomic E-state index is 0.528. The summed E-state index contributed by atoms with van der Waals surface area (Å²) in [5.74, 6) is 0. The first-order chi connectivity index (χ1) is 9.34. The van der Waals surface area contributed by atoms with Crippen molar-refractivity contribution in [2.75, 3.05) is 6.54 Å². The number of nitrogens with zero attached hydrogens (tertiary/aromatic N) is 1. The van der Waals surface area contributed by atoms with Gasteiger partial charge in [-0.1, -0.05) is 30.3 Å². The zero-order valence-corrected chi connectivity index (χ0v) is 11.5. The summed E-state index contributed by atoms with van der Waals surface area (Å²) in [6.07, 6.45) is 7.11. The van der Waals surface area contributed by atoms with E-state index in [1.54, 1.807) is 0 Å². The van der Waals surface area contributed by atoms with Crippen LogP contribution in [0.4, 0.5) is 0 Å². The number of pyridine rings is 1. The van der Waals surface area contributed by atoms with Crippen LogP contribution in [-0.2, 0) is 12.8 Å². The van der Waals surface area contributed by atoms with Crippen LogP contribution in [0.25, 0.3) is 0 Å². The maximum Gasteiger partial charge on any atom is 0.0270 e.